The zero-order valence-electron chi connectivity index (χ0n) is 14.4. The van der Waals surface area contributed by atoms with Crippen LogP contribution in [0, 0.1) is 11.8 Å². The number of carbonyl (C=O) groups excluding carboxylic acids is 1. The predicted octanol–water partition coefficient (Wildman–Crippen LogP) is 2.01. The fourth-order valence-corrected chi connectivity index (χ4v) is 3.57. The van der Waals surface area contributed by atoms with Gasteiger partial charge in [-0.1, -0.05) is 12.2 Å². The summed E-state index contributed by atoms with van der Waals surface area (Å²) in [6.07, 6.45) is 4.76. The van der Waals surface area contributed by atoms with Gasteiger partial charge in [0.15, 0.2) is 0 Å². The zero-order chi connectivity index (χ0) is 17.8. The molecule has 25 heavy (non-hydrogen) atoms. The van der Waals surface area contributed by atoms with Gasteiger partial charge in [0, 0.05) is 31.9 Å². The van der Waals surface area contributed by atoms with Gasteiger partial charge in [-0.15, -0.1) is 0 Å². The molecule has 0 saturated carbocycles. The van der Waals surface area contributed by atoms with Crippen LogP contribution in [-0.2, 0) is 9.59 Å². The fourth-order valence-electron chi connectivity index (χ4n) is 3.57. The number of hydrogen-bond donors (Lipinski definition) is 1. The number of ether oxygens (including phenoxy) is 1. The lowest BCUT2D eigenvalue weighted by atomic mass is 9.82. The minimum Gasteiger partial charge on any atom is -0.497 e. The number of amides is 1. The van der Waals surface area contributed by atoms with Gasteiger partial charge in [0.2, 0.25) is 5.91 Å². The molecule has 1 aliphatic carbocycles. The van der Waals surface area contributed by atoms with E-state index in [1.807, 2.05) is 41.3 Å². The van der Waals surface area contributed by atoms with Crippen molar-refractivity contribution in [1.82, 2.24) is 4.90 Å². The summed E-state index contributed by atoms with van der Waals surface area (Å²) in [6.45, 7) is 2.74. The van der Waals surface area contributed by atoms with E-state index >= 15 is 0 Å². The van der Waals surface area contributed by atoms with Crippen LogP contribution in [0.2, 0.25) is 0 Å². The zero-order valence-corrected chi connectivity index (χ0v) is 14.4. The molecule has 6 heteroatoms. The van der Waals surface area contributed by atoms with E-state index in [1.54, 1.807) is 7.11 Å². The molecule has 0 radical (unpaired) electrons. The van der Waals surface area contributed by atoms with E-state index in [-0.39, 0.29) is 5.91 Å². The molecule has 0 aromatic heterocycles. The Labute approximate surface area is 147 Å². The maximum atomic E-state index is 12.8. The second-order valence-corrected chi connectivity index (χ2v) is 6.50. The summed E-state index contributed by atoms with van der Waals surface area (Å²) in [5, 5.41) is 9.37. The molecule has 1 fully saturated rings. The first-order chi connectivity index (χ1) is 12.1. The summed E-state index contributed by atoms with van der Waals surface area (Å²) < 4.78 is 5.18. The van der Waals surface area contributed by atoms with Crippen molar-refractivity contribution in [3.05, 3.63) is 36.4 Å². The summed E-state index contributed by atoms with van der Waals surface area (Å²) in [5.41, 5.74) is 1.11. The second kappa shape index (κ2) is 7.59. The average Bonchev–Trinajstić information content (AvgIpc) is 2.67. The molecule has 1 aliphatic heterocycles. The molecular weight excluding hydrogens is 320 g/mol. The molecule has 1 N–H and O–H groups in total. The van der Waals surface area contributed by atoms with Crippen molar-refractivity contribution in [2.45, 2.75) is 12.8 Å². The largest absolute Gasteiger partial charge is 0.497 e. The maximum absolute atomic E-state index is 12.8. The Morgan fingerprint density at radius 1 is 1.00 bits per heavy atom. The maximum Gasteiger partial charge on any atom is 0.307 e. The van der Waals surface area contributed by atoms with Crippen LogP contribution in [0.15, 0.2) is 36.4 Å². The molecule has 134 valence electrons. The van der Waals surface area contributed by atoms with Crippen molar-refractivity contribution in [3.63, 3.8) is 0 Å². The average molecular weight is 344 g/mol. The standard InChI is InChI=1S/C19H24N2O4/c1-25-15-8-6-14(7-9-15)20-10-12-21(13-11-20)18(22)16-4-2-3-5-17(16)19(23)24/h2-3,6-9,16-17H,4-5,10-13H2,1H3,(H,23,24)/t16-,17-/m0/s1. The minimum atomic E-state index is -0.875. The van der Waals surface area contributed by atoms with Gasteiger partial charge in [-0.3, -0.25) is 9.59 Å². The molecule has 1 heterocycles. The lowest BCUT2D eigenvalue weighted by Gasteiger charge is -2.38. The Morgan fingerprint density at radius 2 is 1.60 bits per heavy atom. The van der Waals surface area contributed by atoms with E-state index in [2.05, 4.69) is 4.90 Å². The topological polar surface area (TPSA) is 70.1 Å². The van der Waals surface area contributed by atoms with Crippen molar-refractivity contribution in [2.24, 2.45) is 11.8 Å². The molecule has 0 unspecified atom stereocenters. The van der Waals surface area contributed by atoms with Gasteiger partial charge in [-0.2, -0.15) is 0 Å². The Bertz CT molecular complexity index is 648. The van der Waals surface area contributed by atoms with Crippen LogP contribution < -0.4 is 9.64 Å². The van der Waals surface area contributed by atoms with Gasteiger partial charge in [0.1, 0.15) is 5.75 Å². The highest BCUT2D eigenvalue weighted by Crippen LogP contribution is 2.28. The van der Waals surface area contributed by atoms with Crippen molar-refractivity contribution >= 4 is 17.6 Å². The number of allylic oxidation sites excluding steroid dienone is 2. The van der Waals surface area contributed by atoms with Gasteiger partial charge >= 0.3 is 5.97 Å². The molecular formula is C19H24N2O4. The van der Waals surface area contributed by atoms with Crippen molar-refractivity contribution in [1.29, 1.82) is 0 Å². The van der Waals surface area contributed by atoms with Crippen molar-refractivity contribution in [3.8, 4) is 5.75 Å². The SMILES string of the molecule is COc1ccc(N2CCN(C(=O)[C@H]3CC=CC[C@@H]3C(=O)O)CC2)cc1. The quantitative estimate of drug-likeness (QED) is 0.846. The van der Waals surface area contributed by atoms with Crippen molar-refractivity contribution < 1.29 is 19.4 Å². The first kappa shape index (κ1) is 17.3. The van der Waals surface area contributed by atoms with E-state index in [0.717, 1.165) is 24.5 Å². The van der Waals surface area contributed by atoms with E-state index in [4.69, 9.17) is 4.74 Å². The molecule has 1 aromatic carbocycles. The number of aliphatic carboxylic acids is 1. The molecule has 2 aliphatic rings. The van der Waals surface area contributed by atoms with Crippen LogP contribution in [0.25, 0.3) is 0 Å². The molecule has 2 atom stereocenters. The van der Waals surface area contributed by atoms with Gasteiger partial charge in [-0.05, 0) is 37.1 Å². The van der Waals surface area contributed by atoms with Crippen LogP contribution in [0.3, 0.4) is 0 Å². The third kappa shape index (κ3) is 3.78. The van der Waals surface area contributed by atoms with Gasteiger partial charge in [0.25, 0.3) is 0 Å². The van der Waals surface area contributed by atoms with E-state index in [0.29, 0.717) is 25.9 Å². The number of benzene rings is 1. The number of carbonyl (C=O) groups is 2. The van der Waals surface area contributed by atoms with Gasteiger partial charge in [-0.25, -0.2) is 0 Å². The van der Waals surface area contributed by atoms with E-state index < -0.39 is 17.8 Å². The summed E-state index contributed by atoms with van der Waals surface area (Å²) in [7, 11) is 1.64. The molecule has 1 amide bonds. The number of piperazine rings is 1. The number of nitrogens with zero attached hydrogens (tertiary/aromatic N) is 2. The molecule has 1 saturated heterocycles. The highest BCUT2D eigenvalue weighted by atomic mass is 16.5. The van der Waals surface area contributed by atoms with Gasteiger partial charge in [0.05, 0.1) is 18.9 Å². The number of rotatable bonds is 4. The van der Waals surface area contributed by atoms with Gasteiger partial charge < -0.3 is 19.6 Å². The smallest absolute Gasteiger partial charge is 0.307 e. The number of anilines is 1. The molecule has 0 bridgehead atoms. The van der Waals surface area contributed by atoms with Crippen LogP contribution in [-0.4, -0.2) is 55.2 Å². The predicted molar refractivity (Wildman–Crippen MR) is 94.8 cm³/mol. The summed E-state index contributed by atoms with van der Waals surface area (Å²) in [6, 6.07) is 7.89. The minimum absolute atomic E-state index is 0.0221. The fraction of sp³-hybridized carbons (Fsp3) is 0.474. The monoisotopic (exact) mass is 344 g/mol. The molecule has 3 rings (SSSR count). The lowest BCUT2D eigenvalue weighted by Crippen LogP contribution is -2.52. The molecule has 1 aromatic rings. The second-order valence-electron chi connectivity index (χ2n) is 6.50. The summed E-state index contributed by atoms with van der Waals surface area (Å²) in [4.78, 5) is 28.3. The van der Waals surface area contributed by atoms with Crippen molar-refractivity contribution in [2.75, 3.05) is 38.2 Å². The first-order valence-electron chi connectivity index (χ1n) is 8.65. The van der Waals surface area contributed by atoms with Crippen LogP contribution in [0.5, 0.6) is 5.75 Å². The molecule has 6 nitrogen and oxygen atoms in total. The lowest BCUT2D eigenvalue weighted by molar-refractivity contribution is -0.150. The third-order valence-corrected chi connectivity index (χ3v) is 5.10. The third-order valence-electron chi connectivity index (χ3n) is 5.10. The number of hydrogen-bond acceptors (Lipinski definition) is 4. The Balaban J connectivity index is 1.60. The number of carboxylic acid groups (broad SMARTS) is 1. The Morgan fingerprint density at radius 3 is 2.16 bits per heavy atom. The molecule has 0 spiro atoms. The normalized spacial score (nSPS) is 23.4. The Hall–Kier alpha value is -2.50. The summed E-state index contributed by atoms with van der Waals surface area (Å²) in [5.74, 6) is -1.11. The summed E-state index contributed by atoms with van der Waals surface area (Å²) >= 11 is 0. The van der Waals surface area contributed by atoms with Crippen LogP contribution in [0.1, 0.15) is 12.8 Å². The number of carboxylic acids is 1. The first-order valence-corrected chi connectivity index (χ1v) is 8.65. The highest BCUT2D eigenvalue weighted by Gasteiger charge is 2.37. The van der Waals surface area contributed by atoms with Crippen LogP contribution in [0.4, 0.5) is 5.69 Å². The highest BCUT2D eigenvalue weighted by molar-refractivity contribution is 5.85. The van der Waals surface area contributed by atoms with E-state index in [9.17, 15) is 14.7 Å². The number of methoxy groups -OCH3 is 1. The van der Waals surface area contributed by atoms with Crippen LogP contribution >= 0.6 is 0 Å². The Kier molecular flexibility index (Phi) is 5.26. The van der Waals surface area contributed by atoms with E-state index in [1.165, 1.54) is 0 Å².